The topological polar surface area (TPSA) is 61.5 Å². The van der Waals surface area contributed by atoms with Gasteiger partial charge in [-0.2, -0.15) is 8.78 Å². The van der Waals surface area contributed by atoms with Crippen LogP contribution in [-0.4, -0.2) is 13.2 Å². The monoisotopic (exact) mass is 279 g/mol. The van der Waals surface area contributed by atoms with Gasteiger partial charge in [0.25, 0.3) is 0 Å². The van der Waals surface area contributed by atoms with Crippen molar-refractivity contribution < 1.29 is 22.4 Å². The Kier molecular flexibility index (Phi) is 4.85. The summed E-state index contributed by atoms with van der Waals surface area (Å²) < 4.78 is 49.8. The maximum Gasteiger partial charge on any atom is 0.404 e. The first-order valence-corrected chi connectivity index (χ1v) is 7.04. The Labute approximate surface area is 105 Å². The lowest BCUT2D eigenvalue weighted by molar-refractivity contribution is 0.0361. The van der Waals surface area contributed by atoms with Crippen molar-refractivity contribution in [3.05, 3.63) is 29.8 Å². The van der Waals surface area contributed by atoms with E-state index in [9.17, 15) is 13.3 Å². The number of anilines is 1. The molecule has 0 aliphatic heterocycles. The number of hydrogen-bond acceptors (Lipinski definition) is 4. The normalized spacial score (nSPS) is 12.7. The number of halogens is 2. The van der Waals surface area contributed by atoms with Crippen LogP contribution in [0.5, 0.6) is 0 Å². The van der Waals surface area contributed by atoms with Gasteiger partial charge in [-0.15, -0.1) is 0 Å². The first-order chi connectivity index (χ1) is 8.37. The lowest BCUT2D eigenvalue weighted by atomic mass is 10.2. The molecule has 1 rings (SSSR count). The van der Waals surface area contributed by atoms with Crippen molar-refractivity contribution >= 4 is 13.3 Å². The molecule has 0 spiro atoms. The van der Waals surface area contributed by atoms with E-state index >= 15 is 0 Å². The zero-order valence-electron chi connectivity index (χ0n) is 10.2. The molecule has 0 unspecified atom stereocenters. The van der Waals surface area contributed by atoms with Gasteiger partial charge in [-0.1, -0.05) is 12.1 Å². The average molecular weight is 279 g/mol. The summed E-state index contributed by atoms with van der Waals surface area (Å²) in [5.74, 6) is 0. The van der Waals surface area contributed by atoms with Gasteiger partial charge in [-0.3, -0.25) is 4.57 Å². The Morgan fingerprint density at radius 1 is 1.28 bits per heavy atom. The molecule has 0 aliphatic carbocycles. The van der Waals surface area contributed by atoms with E-state index in [1.54, 1.807) is 0 Å². The minimum absolute atomic E-state index is 0.130. The van der Waals surface area contributed by atoms with Crippen LogP contribution in [0, 0.1) is 0 Å². The molecule has 4 nitrogen and oxygen atoms in total. The zero-order chi connectivity index (χ0) is 13.8. The molecular weight excluding hydrogens is 263 g/mol. The second kappa shape index (κ2) is 5.78. The molecular formula is C11H16F2NO3P. The molecule has 102 valence electrons. The highest BCUT2D eigenvalue weighted by Crippen LogP contribution is 2.66. The summed E-state index contributed by atoms with van der Waals surface area (Å²) in [5, 5.41) is 0. The van der Waals surface area contributed by atoms with E-state index in [-0.39, 0.29) is 18.9 Å². The minimum atomic E-state index is -4.55. The van der Waals surface area contributed by atoms with Gasteiger partial charge < -0.3 is 14.8 Å². The number of hydrogen-bond donors (Lipinski definition) is 1. The number of rotatable bonds is 6. The molecule has 18 heavy (non-hydrogen) atoms. The van der Waals surface area contributed by atoms with Gasteiger partial charge in [0, 0.05) is 11.3 Å². The number of nitrogen functional groups attached to an aromatic ring is 1. The maximum atomic E-state index is 14.2. The smallest absolute Gasteiger partial charge is 0.399 e. The summed E-state index contributed by atoms with van der Waals surface area (Å²) in [5.41, 5.74) is 1.39. The molecule has 0 atom stereocenters. The molecule has 2 N–H and O–H groups in total. The van der Waals surface area contributed by atoms with Crippen molar-refractivity contribution in [3.8, 4) is 0 Å². The zero-order valence-corrected chi connectivity index (χ0v) is 11.1. The highest BCUT2D eigenvalue weighted by molar-refractivity contribution is 7.54. The van der Waals surface area contributed by atoms with Crippen molar-refractivity contribution in [3.63, 3.8) is 0 Å². The average Bonchev–Trinajstić information content (AvgIpc) is 2.29. The summed E-state index contributed by atoms with van der Waals surface area (Å²) in [6.07, 6.45) is 0. The standard InChI is InChI=1S/C11H16F2NO3P/c1-3-16-18(15,17-4-2)11(12,13)9-6-5-7-10(14)8-9/h5-8H,3-4,14H2,1-2H3. The molecule has 1 aromatic carbocycles. The number of benzene rings is 1. The molecule has 7 heteroatoms. The molecule has 0 bridgehead atoms. The van der Waals surface area contributed by atoms with Crippen LogP contribution >= 0.6 is 7.60 Å². The van der Waals surface area contributed by atoms with Gasteiger partial charge in [-0.25, -0.2) is 0 Å². The summed E-state index contributed by atoms with van der Waals surface area (Å²) in [7, 11) is -4.55. The fourth-order valence-corrected chi connectivity index (χ4v) is 2.96. The lowest BCUT2D eigenvalue weighted by Crippen LogP contribution is -2.18. The summed E-state index contributed by atoms with van der Waals surface area (Å²) in [4.78, 5) is 0. The van der Waals surface area contributed by atoms with Gasteiger partial charge in [0.1, 0.15) is 0 Å². The molecule has 0 fully saturated rings. The Hall–Kier alpha value is -0.970. The van der Waals surface area contributed by atoms with Gasteiger partial charge in [0.2, 0.25) is 0 Å². The molecule has 0 aromatic heterocycles. The van der Waals surface area contributed by atoms with E-state index in [1.165, 1.54) is 26.0 Å². The fourth-order valence-electron chi connectivity index (χ4n) is 1.42. The maximum absolute atomic E-state index is 14.2. The first kappa shape index (κ1) is 15.1. The van der Waals surface area contributed by atoms with Gasteiger partial charge in [0.15, 0.2) is 0 Å². The largest absolute Gasteiger partial charge is 0.404 e. The van der Waals surface area contributed by atoms with Crippen molar-refractivity contribution in [2.24, 2.45) is 0 Å². The molecule has 0 saturated carbocycles. The summed E-state index contributed by atoms with van der Waals surface area (Å²) in [6, 6.07) is 5.03. The van der Waals surface area contributed by atoms with Crippen LogP contribution in [0.3, 0.4) is 0 Å². The molecule has 0 heterocycles. The van der Waals surface area contributed by atoms with E-state index in [1.807, 2.05) is 0 Å². The molecule has 0 radical (unpaired) electrons. The van der Waals surface area contributed by atoms with Gasteiger partial charge >= 0.3 is 13.3 Å². The van der Waals surface area contributed by atoms with Gasteiger partial charge in [-0.05, 0) is 26.0 Å². The van der Waals surface area contributed by atoms with Gasteiger partial charge in [0.05, 0.1) is 13.2 Å². The van der Waals surface area contributed by atoms with E-state index in [4.69, 9.17) is 5.73 Å². The summed E-state index contributed by atoms with van der Waals surface area (Å²) in [6.45, 7) is 2.69. The second-order valence-electron chi connectivity index (χ2n) is 3.50. The van der Waals surface area contributed by atoms with E-state index < -0.39 is 18.8 Å². The molecule has 1 aromatic rings. The first-order valence-electron chi connectivity index (χ1n) is 5.50. The van der Waals surface area contributed by atoms with Crippen LogP contribution in [0.4, 0.5) is 14.5 Å². The third-order valence-corrected chi connectivity index (χ3v) is 4.32. The van der Waals surface area contributed by atoms with Crippen LogP contribution in [0.15, 0.2) is 24.3 Å². The fraction of sp³-hybridized carbons (Fsp3) is 0.455. The highest BCUT2D eigenvalue weighted by Gasteiger charge is 2.54. The quantitative estimate of drug-likeness (QED) is 0.638. The Morgan fingerprint density at radius 3 is 2.28 bits per heavy atom. The van der Waals surface area contributed by atoms with E-state index in [0.29, 0.717) is 0 Å². The molecule has 0 amide bonds. The third kappa shape index (κ3) is 2.88. The van der Waals surface area contributed by atoms with Crippen LogP contribution in [0.2, 0.25) is 0 Å². The third-order valence-electron chi connectivity index (χ3n) is 2.18. The minimum Gasteiger partial charge on any atom is -0.399 e. The predicted octanol–water partition coefficient (Wildman–Crippen LogP) is 3.58. The van der Waals surface area contributed by atoms with E-state index in [2.05, 4.69) is 9.05 Å². The van der Waals surface area contributed by atoms with Crippen molar-refractivity contribution in [2.45, 2.75) is 19.5 Å². The van der Waals surface area contributed by atoms with Crippen LogP contribution in [0.1, 0.15) is 19.4 Å². The Balaban J connectivity index is 3.20. The lowest BCUT2D eigenvalue weighted by Gasteiger charge is -2.26. The number of alkyl halides is 2. The predicted molar refractivity (Wildman–Crippen MR) is 65.6 cm³/mol. The molecule has 0 saturated heterocycles. The van der Waals surface area contributed by atoms with Crippen LogP contribution in [-0.2, 0) is 19.3 Å². The van der Waals surface area contributed by atoms with Crippen LogP contribution in [0.25, 0.3) is 0 Å². The van der Waals surface area contributed by atoms with Crippen molar-refractivity contribution in [1.29, 1.82) is 0 Å². The number of nitrogens with two attached hydrogens (primary N) is 1. The highest BCUT2D eigenvalue weighted by atomic mass is 31.2. The van der Waals surface area contributed by atoms with Crippen molar-refractivity contribution in [2.75, 3.05) is 18.9 Å². The second-order valence-corrected chi connectivity index (χ2v) is 5.57. The van der Waals surface area contributed by atoms with E-state index in [0.717, 1.165) is 12.1 Å². The van der Waals surface area contributed by atoms with Crippen molar-refractivity contribution in [1.82, 2.24) is 0 Å². The Morgan fingerprint density at radius 2 is 1.83 bits per heavy atom. The Bertz CT molecular complexity index is 444. The van der Waals surface area contributed by atoms with Crippen LogP contribution < -0.4 is 5.73 Å². The molecule has 0 aliphatic rings. The SMILES string of the molecule is CCOP(=O)(OCC)C(F)(F)c1cccc(N)c1. The summed E-state index contributed by atoms with van der Waals surface area (Å²) >= 11 is 0.